The number of para-hydroxylation sites is 1. The Labute approximate surface area is 141 Å². The molecule has 6 heteroatoms. The minimum absolute atomic E-state index is 0.139. The quantitative estimate of drug-likeness (QED) is 0.525. The van der Waals surface area contributed by atoms with E-state index in [0.29, 0.717) is 27.7 Å². The van der Waals surface area contributed by atoms with Crippen LogP contribution < -0.4 is 5.56 Å². The number of aromatic amines is 1. The van der Waals surface area contributed by atoms with E-state index in [0.717, 1.165) is 9.95 Å². The number of aliphatic hydroxyl groups excluding tert-OH is 1. The minimum atomic E-state index is -1.17. The highest BCUT2D eigenvalue weighted by molar-refractivity contribution is 5.96. The molecule has 6 nitrogen and oxygen atoms in total. The van der Waals surface area contributed by atoms with Crippen LogP contribution in [0.3, 0.4) is 0 Å². The predicted octanol–water partition coefficient (Wildman–Crippen LogP) is 3.17. The smallest absolute Gasteiger partial charge is 0.416 e. The van der Waals surface area contributed by atoms with Crippen LogP contribution in [-0.2, 0) is 6.61 Å². The van der Waals surface area contributed by atoms with E-state index >= 15 is 0 Å². The molecule has 0 spiro atoms. The molecule has 0 atom stereocenters. The summed E-state index contributed by atoms with van der Waals surface area (Å²) in [4.78, 5) is 27.1. The molecule has 0 saturated carbocycles. The summed E-state index contributed by atoms with van der Waals surface area (Å²) in [6.45, 7) is -0.139. The summed E-state index contributed by atoms with van der Waals surface area (Å²) in [6.07, 6.45) is -1.17. The second kappa shape index (κ2) is 5.61. The van der Waals surface area contributed by atoms with Crippen LogP contribution in [0.1, 0.15) is 5.56 Å². The van der Waals surface area contributed by atoms with Gasteiger partial charge in [0.15, 0.2) is 0 Å². The van der Waals surface area contributed by atoms with Crippen LogP contribution in [0, 0.1) is 0 Å². The van der Waals surface area contributed by atoms with Crippen molar-refractivity contribution in [3.63, 3.8) is 0 Å². The third-order valence-corrected chi connectivity index (χ3v) is 4.27. The fourth-order valence-corrected chi connectivity index (χ4v) is 3.11. The normalized spacial score (nSPS) is 11.2. The Morgan fingerprint density at radius 1 is 1.04 bits per heavy atom. The maximum Gasteiger partial charge on any atom is 0.416 e. The van der Waals surface area contributed by atoms with Gasteiger partial charge in [-0.05, 0) is 41.3 Å². The topological polar surface area (TPSA) is 95.3 Å². The molecular formula is C19H14N2O4. The van der Waals surface area contributed by atoms with Crippen LogP contribution in [0.5, 0.6) is 0 Å². The standard InChI is InChI=1S/C19H14N2O4/c22-10-11-5-6-16-13(7-11)9-17(21(16)19(24)25)14-8-12-3-1-2-4-15(12)20-18(14)23/h1-9,22H,10H2,(H,20,23)(H,24,25). The third-order valence-electron chi connectivity index (χ3n) is 4.27. The molecule has 0 aliphatic carbocycles. The van der Waals surface area contributed by atoms with Gasteiger partial charge in [0.25, 0.3) is 5.56 Å². The number of benzene rings is 2. The van der Waals surface area contributed by atoms with Gasteiger partial charge in [0.1, 0.15) is 0 Å². The Bertz CT molecular complexity index is 1190. The van der Waals surface area contributed by atoms with Crippen LogP contribution in [0.25, 0.3) is 33.1 Å². The third kappa shape index (κ3) is 2.40. The number of rotatable bonds is 2. The number of nitrogens with one attached hydrogen (secondary N) is 1. The number of carbonyl (C=O) groups is 1. The van der Waals surface area contributed by atoms with Gasteiger partial charge in [-0.25, -0.2) is 9.36 Å². The summed E-state index contributed by atoms with van der Waals surface area (Å²) >= 11 is 0. The first-order valence-electron chi connectivity index (χ1n) is 7.69. The molecule has 2 aromatic heterocycles. The number of aromatic nitrogens is 2. The highest BCUT2D eigenvalue weighted by Gasteiger charge is 2.18. The van der Waals surface area contributed by atoms with Gasteiger partial charge in [0.2, 0.25) is 0 Å². The van der Waals surface area contributed by atoms with Gasteiger partial charge in [-0.1, -0.05) is 24.3 Å². The first kappa shape index (κ1) is 15.2. The molecule has 4 aromatic rings. The lowest BCUT2D eigenvalue weighted by molar-refractivity contribution is 0.198. The second-order valence-electron chi connectivity index (χ2n) is 5.80. The molecule has 2 aromatic carbocycles. The Balaban J connectivity index is 2.06. The van der Waals surface area contributed by atoms with Crippen molar-refractivity contribution in [3.8, 4) is 11.3 Å². The van der Waals surface area contributed by atoms with Crippen molar-refractivity contribution < 1.29 is 15.0 Å². The van der Waals surface area contributed by atoms with E-state index in [1.165, 1.54) is 0 Å². The molecule has 0 saturated heterocycles. The van der Waals surface area contributed by atoms with Gasteiger partial charge in [-0.3, -0.25) is 4.79 Å². The minimum Gasteiger partial charge on any atom is -0.464 e. The fourth-order valence-electron chi connectivity index (χ4n) is 3.11. The zero-order chi connectivity index (χ0) is 17.6. The lowest BCUT2D eigenvalue weighted by Gasteiger charge is -2.06. The molecule has 4 rings (SSSR count). The van der Waals surface area contributed by atoms with Crippen molar-refractivity contribution in [1.29, 1.82) is 0 Å². The summed E-state index contributed by atoms with van der Waals surface area (Å²) in [5, 5.41) is 20.4. The highest BCUT2D eigenvalue weighted by Crippen LogP contribution is 2.28. The number of hydrogen-bond donors (Lipinski definition) is 3. The fraction of sp³-hybridized carbons (Fsp3) is 0.0526. The molecule has 0 radical (unpaired) electrons. The van der Waals surface area contributed by atoms with Crippen LogP contribution in [0.15, 0.2) is 59.4 Å². The van der Waals surface area contributed by atoms with Crippen LogP contribution >= 0.6 is 0 Å². The summed E-state index contributed by atoms with van der Waals surface area (Å²) in [5.41, 5.74) is 2.05. The first-order chi connectivity index (χ1) is 12.1. The molecule has 2 heterocycles. The van der Waals surface area contributed by atoms with Crippen molar-refractivity contribution in [2.75, 3.05) is 0 Å². The molecular weight excluding hydrogens is 320 g/mol. The summed E-state index contributed by atoms with van der Waals surface area (Å²) in [6, 6.07) is 15.7. The van der Waals surface area contributed by atoms with Crippen LogP contribution in [0.4, 0.5) is 4.79 Å². The Morgan fingerprint density at radius 2 is 1.84 bits per heavy atom. The maximum absolute atomic E-state index is 12.5. The number of aliphatic hydroxyl groups is 1. The van der Waals surface area contributed by atoms with E-state index in [-0.39, 0.29) is 17.7 Å². The largest absolute Gasteiger partial charge is 0.464 e. The van der Waals surface area contributed by atoms with Gasteiger partial charge in [0.05, 0.1) is 23.4 Å². The zero-order valence-electron chi connectivity index (χ0n) is 13.1. The van der Waals surface area contributed by atoms with Crippen LogP contribution in [-0.4, -0.2) is 25.9 Å². The predicted molar refractivity (Wildman–Crippen MR) is 94.8 cm³/mol. The number of fused-ring (bicyclic) bond motifs is 2. The molecule has 0 aliphatic heterocycles. The van der Waals surface area contributed by atoms with E-state index in [2.05, 4.69) is 4.98 Å². The van der Waals surface area contributed by atoms with E-state index in [9.17, 15) is 19.8 Å². The van der Waals surface area contributed by atoms with Crippen LogP contribution in [0.2, 0.25) is 0 Å². The molecule has 0 bridgehead atoms. The number of pyridine rings is 1. The molecule has 0 unspecified atom stereocenters. The molecule has 0 aliphatic rings. The summed E-state index contributed by atoms with van der Waals surface area (Å²) in [7, 11) is 0. The molecule has 0 amide bonds. The van der Waals surface area contributed by atoms with Crippen molar-refractivity contribution in [3.05, 3.63) is 70.5 Å². The van der Waals surface area contributed by atoms with Gasteiger partial charge in [-0.2, -0.15) is 0 Å². The number of H-pyrrole nitrogens is 1. The average molecular weight is 334 g/mol. The van der Waals surface area contributed by atoms with Crippen molar-refractivity contribution in [2.24, 2.45) is 0 Å². The van der Waals surface area contributed by atoms with Gasteiger partial charge < -0.3 is 15.2 Å². The Kier molecular flexibility index (Phi) is 3.40. The zero-order valence-corrected chi connectivity index (χ0v) is 13.1. The van der Waals surface area contributed by atoms with E-state index < -0.39 is 6.09 Å². The lowest BCUT2D eigenvalue weighted by Crippen LogP contribution is -2.15. The van der Waals surface area contributed by atoms with Crippen molar-refractivity contribution >= 4 is 27.9 Å². The number of carboxylic acid groups (broad SMARTS) is 1. The summed E-state index contributed by atoms with van der Waals surface area (Å²) in [5.74, 6) is 0. The monoisotopic (exact) mass is 334 g/mol. The Hall–Kier alpha value is -3.38. The van der Waals surface area contributed by atoms with Crippen molar-refractivity contribution in [1.82, 2.24) is 9.55 Å². The lowest BCUT2D eigenvalue weighted by atomic mass is 10.1. The van der Waals surface area contributed by atoms with Gasteiger partial charge in [-0.15, -0.1) is 0 Å². The van der Waals surface area contributed by atoms with Gasteiger partial charge in [0, 0.05) is 10.9 Å². The van der Waals surface area contributed by atoms with E-state index in [4.69, 9.17) is 0 Å². The van der Waals surface area contributed by atoms with Crippen molar-refractivity contribution in [2.45, 2.75) is 6.61 Å². The van der Waals surface area contributed by atoms with E-state index in [1.54, 1.807) is 36.4 Å². The maximum atomic E-state index is 12.5. The average Bonchev–Trinajstić information content (AvgIpc) is 2.99. The molecule has 124 valence electrons. The number of hydrogen-bond acceptors (Lipinski definition) is 3. The summed E-state index contributed by atoms with van der Waals surface area (Å²) < 4.78 is 1.09. The van der Waals surface area contributed by atoms with Gasteiger partial charge >= 0.3 is 6.09 Å². The SMILES string of the molecule is O=C(O)n1c(-c2cc3ccccc3[nH]c2=O)cc2cc(CO)ccc21. The van der Waals surface area contributed by atoms with E-state index in [1.807, 2.05) is 18.2 Å². The second-order valence-corrected chi connectivity index (χ2v) is 5.80. The molecule has 25 heavy (non-hydrogen) atoms. The number of nitrogens with zero attached hydrogens (tertiary/aromatic N) is 1. The highest BCUT2D eigenvalue weighted by atomic mass is 16.4. The Morgan fingerprint density at radius 3 is 2.60 bits per heavy atom. The first-order valence-corrected chi connectivity index (χ1v) is 7.69. The molecule has 3 N–H and O–H groups in total. The molecule has 0 fully saturated rings.